The molecular weight excluding hydrogens is 384 g/mol. The molecule has 0 radical (unpaired) electrons. The molecule has 1 heterocycles. The molecule has 142 valence electrons. The van der Waals surface area contributed by atoms with Crippen LogP contribution in [0.15, 0.2) is 42.5 Å². The summed E-state index contributed by atoms with van der Waals surface area (Å²) in [4.78, 5) is 6.58. The predicted octanol–water partition coefficient (Wildman–Crippen LogP) is 4.37. The first-order valence-electron chi connectivity index (χ1n) is 8.32. The number of nitrogens with one attached hydrogen (secondary N) is 1. The molecule has 3 aromatic rings. The number of ether oxygens (including phenoxy) is 2. The lowest BCUT2D eigenvalue weighted by Gasteiger charge is -2.17. The Hall–Kier alpha value is -2.35. The average molecular weight is 405 g/mol. The van der Waals surface area contributed by atoms with Crippen molar-refractivity contribution in [3.63, 3.8) is 0 Å². The number of aromatic nitrogens is 3. The van der Waals surface area contributed by atoms with E-state index in [-0.39, 0.29) is 0 Å². The SMILES string of the molecule is COc1cccc(CN(C)Cn2[nH]c(-c3cc(Cl)ccc3OC)nc2=S)c1. The van der Waals surface area contributed by atoms with E-state index < -0.39 is 0 Å². The highest BCUT2D eigenvalue weighted by Gasteiger charge is 2.12. The normalized spacial score (nSPS) is 11.0. The van der Waals surface area contributed by atoms with Gasteiger partial charge in [-0.1, -0.05) is 23.7 Å². The largest absolute Gasteiger partial charge is 0.497 e. The van der Waals surface area contributed by atoms with E-state index in [0.29, 0.717) is 28.0 Å². The van der Waals surface area contributed by atoms with Crippen molar-refractivity contribution in [2.75, 3.05) is 21.3 Å². The van der Waals surface area contributed by atoms with Crippen molar-refractivity contribution in [1.29, 1.82) is 0 Å². The molecule has 0 aliphatic heterocycles. The summed E-state index contributed by atoms with van der Waals surface area (Å²) < 4.78 is 13.0. The summed E-state index contributed by atoms with van der Waals surface area (Å²) in [6.07, 6.45) is 0. The monoisotopic (exact) mass is 404 g/mol. The highest BCUT2D eigenvalue weighted by Crippen LogP contribution is 2.30. The number of methoxy groups -OCH3 is 2. The Morgan fingerprint density at radius 1 is 1.19 bits per heavy atom. The molecule has 0 bridgehead atoms. The van der Waals surface area contributed by atoms with Crippen LogP contribution in [0.25, 0.3) is 11.4 Å². The number of halogens is 1. The molecule has 0 fully saturated rings. The summed E-state index contributed by atoms with van der Waals surface area (Å²) in [7, 11) is 5.29. The molecule has 6 nitrogen and oxygen atoms in total. The molecule has 0 atom stereocenters. The Morgan fingerprint density at radius 3 is 2.74 bits per heavy atom. The summed E-state index contributed by atoms with van der Waals surface area (Å²) in [5, 5.41) is 3.84. The van der Waals surface area contributed by atoms with Crippen LogP contribution < -0.4 is 9.47 Å². The highest BCUT2D eigenvalue weighted by molar-refractivity contribution is 7.71. The van der Waals surface area contributed by atoms with E-state index in [9.17, 15) is 0 Å². The summed E-state index contributed by atoms with van der Waals surface area (Å²) >= 11 is 11.5. The molecule has 0 aliphatic rings. The van der Waals surface area contributed by atoms with E-state index in [1.54, 1.807) is 26.4 Å². The van der Waals surface area contributed by atoms with Gasteiger partial charge in [-0.05, 0) is 55.2 Å². The van der Waals surface area contributed by atoms with Crippen molar-refractivity contribution in [1.82, 2.24) is 19.7 Å². The van der Waals surface area contributed by atoms with Gasteiger partial charge in [0.15, 0.2) is 5.82 Å². The Bertz CT molecular complexity index is 986. The zero-order valence-electron chi connectivity index (χ0n) is 15.4. The zero-order valence-corrected chi connectivity index (χ0v) is 17.0. The van der Waals surface area contributed by atoms with Gasteiger partial charge in [-0.25, -0.2) is 4.68 Å². The predicted molar refractivity (Wildman–Crippen MR) is 109 cm³/mol. The van der Waals surface area contributed by atoms with E-state index >= 15 is 0 Å². The lowest BCUT2D eigenvalue weighted by molar-refractivity contribution is 0.244. The minimum Gasteiger partial charge on any atom is -0.497 e. The number of hydrogen-bond donors (Lipinski definition) is 1. The fourth-order valence-electron chi connectivity index (χ4n) is 2.81. The van der Waals surface area contributed by atoms with Crippen molar-refractivity contribution < 1.29 is 9.47 Å². The maximum Gasteiger partial charge on any atom is 0.217 e. The topological polar surface area (TPSA) is 55.3 Å². The van der Waals surface area contributed by atoms with Crippen LogP contribution in [0.3, 0.4) is 0 Å². The molecule has 1 N–H and O–H groups in total. The van der Waals surface area contributed by atoms with Crippen molar-refractivity contribution in [2.24, 2.45) is 0 Å². The molecule has 0 amide bonds. The first-order chi connectivity index (χ1) is 13.0. The number of benzene rings is 2. The maximum atomic E-state index is 6.12. The Balaban J connectivity index is 1.79. The molecule has 2 aromatic carbocycles. The molecule has 0 aliphatic carbocycles. The van der Waals surface area contributed by atoms with Crippen LogP contribution in [-0.4, -0.2) is 40.9 Å². The van der Waals surface area contributed by atoms with E-state index in [2.05, 4.69) is 21.0 Å². The van der Waals surface area contributed by atoms with Crippen molar-refractivity contribution in [2.45, 2.75) is 13.2 Å². The van der Waals surface area contributed by atoms with Gasteiger partial charge in [-0.2, -0.15) is 4.98 Å². The molecular formula is C19H21ClN4O2S. The van der Waals surface area contributed by atoms with Crippen LogP contribution in [0, 0.1) is 4.77 Å². The van der Waals surface area contributed by atoms with E-state index in [4.69, 9.17) is 33.3 Å². The number of H-pyrrole nitrogens is 1. The Morgan fingerprint density at radius 2 is 2.00 bits per heavy atom. The summed E-state index contributed by atoms with van der Waals surface area (Å²) in [6.45, 7) is 1.31. The van der Waals surface area contributed by atoms with E-state index in [1.807, 2.05) is 36.0 Å². The minimum atomic E-state index is 0.463. The van der Waals surface area contributed by atoms with Crippen molar-refractivity contribution in [3.8, 4) is 22.9 Å². The number of aromatic amines is 1. The van der Waals surface area contributed by atoms with Gasteiger partial charge < -0.3 is 9.47 Å². The van der Waals surface area contributed by atoms with Gasteiger partial charge in [0.25, 0.3) is 0 Å². The summed E-state index contributed by atoms with van der Waals surface area (Å²) in [6, 6.07) is 13.4. The van der Waals surface area contributed by atoms with Crippen LogP contribution in [-0.2, 0) is 13.2 Å². The van der Waals surface area contributed by atoms with Crippen LogP contribution in [0.1, 0.15) is 5.56 Å². The molecule has 0 saturated carbocycles. The first-order valence-corrected chi connectivity index (χ1v) is 9.11. The molecule has 27 heavy (non-hydrogen) atoms. The minimum absolute atomic E-state index is 0.463. The van der Waals surface area contributed by atoms with E-state index in [1.165, 1.54) is 0 Å². The first kappa shape index (κ1) is 19.4. The maximum absolute atomic E-state index is 6.12. The number of rotatable bonds is 7. The van der Waals surface area contributed by atoms with Crippen molar-refractivity contribution in [3.05, 3.63) is 57.8 Å². The van der Waals surface area contributed by atoms with Gasteiger partial charge in [0, 0.05) is 11.6 Å². The van der Waals surface area contributed by atoms with Crippen LogP contribution in [0.4, 0.5) is 0 Å². The quantitative estimate of drug-likeness (QED) is 0.592. The smallest absolute Gasteiger partial charge is 0.217 e. The summed E-state index contributed by atoms with van der Waals surface area (Å²) in [5.74, 6) is 2.14. The summed E-state index contributed by atoms with van der Waals surface area (Å²) in [5.41, 5.74) is 1.92. The van der Waals surface area contributed by atoms with Gasteiger partial charge >= 0.3 is 0 Å². The van der Waals surface area contributed by atoms with Gasteiger partial charge in [0.05, 0.1) is 26.5 Å². The highest BCUT2D eigenvalue weighted by atomic mass is 35.5. The van der Waals surface area contributed by atoms with Gasteiger partial charge in [0.1, 0.15) is 11.5 Å². The van der Waals surface area contributed by atoms with Gasteiger partial charge in [-0.15, -0.1) is 0 Å². The van der Waals surface area contributed by atoms with Gasteiger partial charge in [-0.3, -0.25) is 10.00 Å². The number of hydrogen-bond acceptors (Lipinski definition) is 5. The van der Waals surface area contributed by atoms with Crippen LogP contribution in [0.2, 0.25) is 5.02 Å². The third kappa shape index (κ3) is 4.68. The Labute approximate surface area is 168 Å². The third-order valence-corrected chi connectivity index (χ3v) is 4.61. The van der Waals surface area contributed by atoms with Crippen LogP contribution >= 0.6 is 23.8 Å². The second kappa shape index (κ2) is 8.56. The fraction of sp³-hybridized carbons (Fsp3) is 0.263. The molecule has 1 aromatic heterocycles. The van der Waals surface area contributed by atoms with Crippen LogP contribution in [0.5, 0.6) is 11.5 Å². The number of nitrogens with zero attached hydrogens (tertiary/aromatic N) is 3. The lowest BCUT2D eigenvalue weighted by atomic mass is 10.2. The fourth-order valence-corrected chi connectivity index (χ4v) is 3.18. The standard InChI is InChI=1S/C19H21ClN4O2S/c1-23(11-13-5-4-6-15(9-13)25-2)12-24-19(27)21-18(22-24)16-10-14(20)7-8-17(16)26-3/h4-10H,11-12H2,1-3H3,(H,21,22,27). The lowest BCUT2D eigenvalue weighted by Crippen LogP contribution is -2.22. The average Bonchev–Trinajstić information content (AvgIpc) is 3.02. The molecule has 0 saturated heterocycles. The van der Waals surface area contributed by atoms with Gasteiger partial charge in [0.2, 0.25) is 4.77 Å². The molecule has 0 spiro atoms. The second-order valence-electron chi connectivity index (χ2n) is 6.13. The zero-order chi connectivity index (χ0) is 19.4. The van der Waals surface area contributed by atoms with E-state index in [0.717, 1.165) is 23.4 Å². The third-order valence-electron chi connectivity index (χ3n) is 4.07. The second-order valence-corrected chi connectivity index (χ2v) is 6.94. The Kier molecular flexibility index (Phi) is 6.15. The molecule has 3 rings (SSSR count). The van der Waals surface area contributed by atoms with Crippen molar-refractivity contribution >= 4 is 23.8 Å². The molecule has 8 heteroatoms. The molecule has 0 unspecified atom stereocenters.